The number of hydrogen-bond donors (Lipinski definition) is 0. The Bertz CT molecular complexity index is 893. The molecule has 0 fully saturated rings. The molecule has 0 saturated heterocycles. The molecule has 3 aromatic rings. The van der Waals surface area contributed by atoms with Crippen LogP contribution in [0.4, 0.5) is 0 Å². The molecule has 0 N–H and O–H groups in total. The monoisotopic (exact) mass is 346 g/mol. The third-order valence-electron chi connectivity index (χ3n) is 4.58. The van der Waals surface area contributed by atoms with E-state index in [1.54, 1.807) is 24.4 Å². The number of nitrogens with zero attached hydrogens (tertiary/aromatic N) is 2. The molecule has 0 aliphatic rings. The summed E-state index contributed by atoms with van der Waals surface area (Å²) in [4.78, 5) is 18.8. The van der Waals surface area contributed by atoms with Crippen LogP contribution in [0.5, 0.6) is 5.75 Å². The zero-order valence-electron chi connectivity index (χ0n) is 15.2. The van der Waals surface area contributed by atoms with Crippen molar-refractivity contribution in [3.8, 4) is 16.9 Å². The Labute approximate surface area is 154 Å². The highest BCUT2D eigenvalue weighted by Gasteiger charge is 2.19. The van der Waals surface area contributed by atoms with Crippen LogP contribution in [-0.2, 0) is 0 Å². The highest BCUT2D eigenvalue weighted by Crippen LogP contribution is 2.26. The van der Waals surface area contributed by atoms with Gasteiger partial charge in [0.2, 0.25) is 0 Å². The van der Waals surface area contributed by atoms with Crippen LogP contribution in [-0.4, -0.2) is 29.9 Å². The van der Waals surface area contributed by atoms with Crippen LogP contribution >= 0.6 is 0 Å². The van der Waals surface area contributed by atoms with Crippen molar-refractivity contribution in [3.05, 3.63) is 84.2 Å². The average molecular weight is 346 g/mol. The Kier molecular flexibility index (Phi) is 5.32. The standard InChI is InChI=1S/C22H22N2O2/c1-16(20-10-6-12-23-15-20)24(2)22(25)19-9-4-7-17(13-19)18-8-5-11-21(14-18)26-3/h4-16H,1-3H3. The van der Waals surface area contributed by atoms with Crippen molar-refractivity contribution < 1.29 is 9.53 Å². The van der Waals surface area contributed by atoms with Gasteiger partial charge in [0.15, 0.2) is 0 Å². The first-order valence-electron chi connectivity index (χ1n) is 8.51. The van der Waals surface area contributed by atoms with Gasteiger partial charge in [0.1, 0.15) is 5.75 Å². The maximum absolute atomic E-state index is 12.9. The molecule has 0 radical (unpaired) electrons. The van der Waals surface area contributed by atoms with Crippen molar-refractivity contribution in [1.82, 2.24) is 9.88 Å². The minimum atomic E-state index is -0.0586. The van der Waals surface area contributed by atoms with E-state index in [1.807, 2.05) is 74.6 Å². The summed E-state index contributed by atoms with van der Waals surface area (Å²) in [6, 6.07) is 19.3. The maximum atomic E-state index is 12.9. The van der Waals surface area contributed by atoms with E-state index in [1.165, 1.54) is 0 Å². The normalized spacial score (nSPS) is 11.7. The van der Waals surface area contributed by atoms with Gasteiger partial charge in [0.25, 0.3) is 5.91 Å². The van der Waals surface area contributed by atoms with Crippen molar-refractivity contribution >= 4 is 5.91 Å². The summed E-state index contributed by atoms with van der Waals surface area (Å²) in [5.41, 5.74) is 3.66. The van der Waals surface area contributed by atoms with Crippen LogP contribution in [0.3, 0.4) is 0 Å². The van der Waals surface area contributed by atoms with Crippen molar-refractivity contribution in [2.75, 3.05) is 14.2 Å². The molecule has 0 spiro atoms. The van der Waals surface area contributed by atoms with Gasteiger partial charge in [-0.3, -0.25) is 9.78 Å². The fourth-order valence-electron chi connectivity index (χ4n) is 2.86. The van der Waals surface area contributed by atoms with Gasteiger partial charge in [-0.05, 0) is 53.9 Å². The number of methoxy groups -OCH3 is 1. The molecule has 1 aromatic heterocycles. The molecule has 2 aromatic carbocycles. The predicted molar refractivity (Wildman–Crippen MR) is 103 cm³/mol. The second-order valence-corrected chi connectivity index (χ2v) is 6.19. The van der Waals surface area contributed by atoms with E-state index in [9.17, 15) is 4.79 Å². The minimum absolute atomic E-state index is 0.0221. The molecule has 4 heteroatoms. The van der Waals surface area contributed by atoms with Crippen LogP contribution in [0.25, 0.3) is 11.1 Å². The van der Waals surface area contributed by atoms with Gasteiger partial charge in [0, 0.05) is 25.0 Å². The third kappa shape index (κ3) is 3.75. The predicted octanol–water partition coefficient (Wildman–Crippen LogP) is 4.59. The Morgan fingerprint density at radius 3 is 2.46 bits per heavy atom. The number of benzene rings is 2. The SMILES string of the molecule is COc1cccc(-c2cccc(C(=O)N(C)C(C)c3cccnc3)c2)c1. The van der Waals surface area contributed by atoms with Gasteiger partial charge in [-0.1, -0.05) is 30.3 Å². The summed E-state index contributed by atoms with van der Waals surface area (Å²) in [5, 5.41) is 0. The summed E-state index contributed by atoms with van der Waals surface area (Å²) in [7, 11) is 3.46. The first-order chi connectivity index (χ1) is 12.6. The molecule has 0 aliphatic heterocycles. The van der Waals surface area contributed by atoms with Crippen LogP contribution < -0.4 is 4.74 Å². The fraction of sp³-hybridized carbons (Fsp3) is 0.182. The van der Waals surface area contributed by atoms with E-state index >= 15 is 0 Å². The van der Waals surface area contributed by atoms with Gasteiger partial charge in [-0.2, -0.15) is 0 Å². The number of ether oxygens (including phenoxy) is 1. The molecule has 1 heterocycles. The average Bonchev–Trinajstić information content (AvgIpc) is 2.73. The smallest absolute Gasteiger partial charge is 0.254 e. The quantitative estimate of drug-likeness (QED) is 0.678. The number of aromatic nitrogens is 1. The van der Waals surface area contributed by atoms with Crippen LogP contribution in [0, 0.1) is 0 Å². The molecular weight excluding hydrogens is 324 g/mol. The molecule has 0 bridgehead atoms. The van der Waals surface area contributed by atoms with E-state index in [4.69, 9.17) is 4.74 Å². The Hall–Kier alpha value is -3.14. The number of rotatable bonds is 5. The van der Waals surface area contributed by atoms with Crippen molar-refractivity contribution in [2.45, 2.75) is 13.0 Å². The summed E-state index contributed by atoms with van der Waals surface area (Å²) < 4.78 is 5.29. The number of carbonyl (C=O) groups is 1. The van der Waals surface area contributed by atoms with Crippen molar-refractivity contribution in [3.63, 3.8) is 0 Å². The number of hydrogen-bond acceptors (Lipinski definition) is 3. The molecule has 132 valence electrons. The topological polar surface area (TPSA) is 42.4 Å². The van der Waals surface area contributed by atoms with Gasteiger partial charge in [0.05, 0.1) is 13.2 Å². The Morgan fingerprint density at radius 1 is 1.04 bits per heavy atom. The van der Waals surface area contributed by atoms with Crippen LogP contribution in [0.2, 0.25) is 0 Å². The lowest BCUT2D eigenvalue weighted by Crippen LogP contribution is -2.29. The van der Waals surface area contributed by atoms with Crippen LogP contribution in [0.1, 0.15) is 28.9 Å². The lowest BCUT2D eigenvalue weighted by atomic mass is 10.0. The van der Waals surface area contributed by atoms with Gasteiger partial charge in [-0.15, -0.1) is 0 Å². The molecule has 0 saturated carbocycles. The summed E-state index contributed by atoms with van der Waals surface area (Å²) >= 11 is 0. The fourth-order valence-corrected chi connectivity index (χ4v) is 2.86. The molecule has 1 amide bonds. The zero-order valence-corrected chi connectivity index (χ0v) is 15.2. The maximum Gasteiger partial charge on any atom is 0.254 e. The first-order valence-corrected chi connectivity index (χ1v) is 8.51. The molecule has 26 heavy (non-hydrogen) atoms. The Morgan fingerprint density at radius 2 is 1.77 bits per heavy atom. The van der Waals surface area contributed by atoms with Gasteiger partial charge >= 0.3 is 0 Å². The van der Waals surface area contributed by atoms with Gasteiger partial charge < -0.3 is 9.64 Å². The number of pyridine rings is 1. The third-order valence-corrected chi connectivity index (χ3v) is 4.58. The molecule has 1 atom stereocenters. The van der Waals surface area contributed by atoms with E-state index in [-0.39, 0.29) is 11.9 Å². The van der Waals surface area contributed by atoms with Gasteiger partial charge in [-0.25, -0.2) is 0 Å². The summed E-state index contributed by atoms with van der Waals surface area (Å²) in [6.07, 6.45) is 3.52. The first kappa shape index (κ1) is 17.7. The highest BCUT2D eigenvalue weighted by atomic mass is 16.5. The second kappa shape index (κ2) is 7.83. The molecular formula is C22H22N2O2. The number of carbonyl (C=O) groups excluding carboxylic acids is 1. The minimum Gasteiger partial charge on any atom is -0.497 e. The van der Waals surface area contributed by atoms with Crippen LogP contribution in [0.15, 0.2) is 73.1 Å². The van der Waals surface area contributed by atoms with Crippen molar-refractivity contribution in [1.29, 1.82) is 0 Å². The molecule has 1 unspecified atom stereocenters. The van der Waals surface area contributed by atoms with E-state index < -0.39 is 0 Å². The number of amides is 1. The lowest BCUT2D eigenvalue weighted by molar-refractivity contribution is 0.0742. The lowest BCUT2D eigenvalue weighted by Gasteiger charge is -2.25. The highest BCUT2D eigenvalue weighted by molar-refractivity contribution is 5.95. The molecule has 0 aliphatic carbocycles. The molecule has 4 nitrogen and oxygen atoms in total. The zero-order chi connectivity index (χ0) is 18.5. The summed E-state index contributed by atoms with van der Waals surface area (Å²) in [6.45, 7) is 2.00. The van der Waals surface area contributed by atoms with Crippen molar-refractivity contribution in [2.24, 2.45) is 0 Å². The van der Waals surface area contributed by atoms with E-state index in [2.05, 4.69) is 4.98 Å². The Balaban J connectivity index is 1.86. The van der Waals surface area contributed by atoms with E-state index in [0.717, 1.165) is 22.4 Å². The molecule has 3 rings (SSSR count). The second-order valence-electron chi connectivity index (χ2n) is 6.19. The summed E-state index contributed by atoms with van der Waals surface area (Å²) in [5.74, 6) is 0.771. The van der Waals surface area contributed by atoms with E-state index in [0.29, 0.717) is 5.56 Å². The largest absolute Gasteiger partial charge is 0.497 e.